The average Bonchev–Trinajstić information content (AvgIpc) is 3.17. The highest BCUT2D eigenvalue weighted by molar-refractivity contribution is 6.06. The maximum Gasteiger partial charge on any atom is 0.405 e. The SMILES string of the molecule is Cn1ncc2cc(Nc3cccc4c3C(=O)N(CC(=O)NCC(F)(F)F)C4(F)F)ccc21. The van der Waals surface area contributed by atoms with Gasteiger partial charge in [-0.1, -0.05) is 6.07 Å². The molecule has 0 saturated carbocycles. The lowest BCUT2D eigenvalue weighted by Gasteiger charge is -2.23. The van der Waals surface area contributed by atoms with E-state index in [9.17, 15) is 31.5 Å². The van der Waals surface area contributed by atoms with Crippen molar-refractivity contribution in [3.05, 3.63) is 53.7 Å². The van der Waals surface area contributed by atoms with E-state index in [0.29, 0.717) is 5.69 Å². The first kappa shape index (κ1) is 21.5. The van der Waals surface area contributed by atoms with Crippen LogP contribution in [-0.2, 0) is 17.9 Å². The maximum absolute atomic E-state index is 14.9. The van der Waals surface area contributed by atoms with Gasteiger partial charge < -0.3 is 10.6 Å². The summed E-state index contributed by atoms with van der Waals surface area (Å²) < 4.78 is 68.2. The van der Waals surface area contributed by atoms with Crippen molar-refractivity contribution in [3.8, 4) is 0 Å². The minimum atomic E-state index is -4.71. The Morgan fingerprint density at radius 2 is 1.94 bits per heavy atom. The molecular weight excluding hydrogens is 437 g/mol. The number of hydrogen-bond acceptors (Lipinski definition) is 4. The monoisotopic (exact) mass is 453 g/mol. The van der Waals surface area contributed by atoms with Crippen LogP contribution in [0.3, 0.4) is 0 Å². The first-order valence-electron chi connectivity index (χ1n) is 9.33. The normalized spacial score (nSPS) is 15.2. The van der Waals surface area contributed by atoms with Crippen molar-refractivity contribution in [1.29, 1.82) is 0 Å². The van der Waals surface area contributed by atoms with Crippen LogP contribution in [-0.4, -0.2) is 45.8 Å². The molecule has 0 atom stereocenters. The van der Waals surface area contributed by atoms with Crippen LogP contribution >= 0.6 is 0 Å². The van der Waals surface area contributed by atoms with E-state index < -0.39 is 42.7 Å². The van der Waals surface area contributed by atoms with Crippen LogP contribution in [0.1, 0.15) is 15.9 Å². The quantitative estimate of drug-likeness (QED) is 0.458. The second-order valence-electron chi connectivity index (χ2n) is 7.22. The van der Waals surface area contributed by atoms with Crippen LogP contribution in [0.2, 0.25) is 0 Å². The highest BCUT2D eigenvalue weighted by Gasteiger charge is 2.53. The van der Waals surface area contributed by atoms with Gasteiger partial charge in [0.25, 0.3) is 5.91 Å². The number of rotatable bonds is 5. The highest BCUT2D eigenvalue weighted by Crippen LogP contribution is 2.44. The number of halogens is 5. The minimum absolute atomic E-state index is 0.0428. The summed E-state index contributed by atoms with van der Waals surface area (Å²) in [4.78, 5) is 24.5. The zero-order chi connectivity index (χ0) is 23.3. The Labute approximate surface area is 177 Å². The Morgan fingerprint density at radius 1 is 1.19 bits per heavy atom. The number of amides is 2. The summed E-state index contributed by atoms with van der Waals surface area (Å²) >= 11 is 0. The molecule has 2 aromatic carbocycles. The number of nitrogens with one attached hydrogen (secondary N) is 2. The summed E-state index contributed by atoms with van der Waals surface area (Å²) in [5.41, 5.74) is 0.434. The molecule has 12 heteroatoms. The fourth-order valence-corrected chi connectivity index (χ4v) is 3.51. The Kier molecular flexibility index (Phi) is 5.02. The second kappa shape index (κ2) is 7.46. The van der Waals surface area contributed by atoms with Gasteiger partial charge in [0.1, 0.15) is 13.1 Å². The summed E-state index contributed by atoms with van der Waals surface area (Å²) in [6.07, 6.45) is -3.08. The maximum atomic E-state index is 14.9. The standard InChI is InChI=1S/C20H16F5N5O2/c1-29-15-6-5-12(7-11(15)8-27-29)28-14-4-2-3-13-17(14)18(32)30(20(13,24)25)9-16(31)26-10-19(21,22)23/h2-8,28H,9-10H2,1H3,(H,26,31). The second-order valence-corrected chi connectivity index (χ2v) is 7.22. The summed E-state index contributed by atoms with van der Waals surface area (Å²) in [5, 5.41) is 9.32. The van der Waals surface area contributed by atoms with Gasteiger partial charge in [0.2, 0.25) is 5.91 Å². The Balaban J connectivity index is 1.60. The van der Waals surface area contributed by atoms with Crippen LogP contribution in [0.25, 0.3) is 10.9 Å². The van der Waals surface area contributed by atoms with E-state index in [0.717, 1.165) is 17.0 Å². The molecule has 0 spiro atoms. The lowest BCUT2D eigenvalue weighted by atomic mass is 10.1. The Hall–Kier alpha value is -3.70. The van der Waals surface area contributed by atoms with Crippen molar-refractivity contribution in [3.63, 3.8) is 0 Å². The van der Waals surface area contributed by atoms with E-state index in [1.807, 2.05) is 0 Å². The van der Waals surface area contributed by atoms with Gasteiger partial charge in [0.15, 0.2) is 0 Å². The minimum Gasteiger partial charge on any atom is -0.355 e. The molecule has 7 nitrogen and oxygen atoms in total. The third-order valence-corrected chi connectivity index (χ3v) is 5.00. The lowest BCUT2D eigenvalue weighted by molar-refractivity contribution is -0.149. The molecular formula is C20H16F5N5O2. The van der Waals surface area contributed by atoms with E-state index >= 15 is 0 Å². The molecule has 2 amide bonds. The zero-order valence-corrected chi connectivity index (χ0v) is 16.5. The molecule has 4 rings (SSSR count). The number of aryl methyl sites for hydroxylation is 1. The van der Waals surface area contributed by atoms with Crippen LogP contribution in [0.4, 0.5) is 33.3 Å². The molecule has 32 heavy (non-hydrogen) atoms. The molecule has 0 unspecified atom stereocenters. The molecule has 0 aliphatic carbocycles. The molecule has 1 aliphatic heterocycles. The summed E-state index contributed by atoms with van der Waals surface area (Å²) in [6.45, 7) is -2.91. The van der Waals surface area contributed by atoms with Gasteiger partial charge in [0, 0.05) is 18.1 Å². The lowest BCUT2D eigenvalue weighted by Crippen LogP contribution is -2.46. The zero-order valence-electron chi connectivity index (χ0n) is 16.5. The van der Waals surface area contributed by atoms with Crippen molar-refractivity contribution in [2.45, 2.75) is 12.2 Å². The number of carbonyl (C=O) groups excluding carboxylic acids is 2. The van der Waals surface area contributed by atoms with Crippen LogP contribution in [0, 0.1) is 0 Å². The smallest absolute Gasteiger partial charge is 0.355 e. The molecule has 0 radical (unpaired) electrons. The predicted octanol–water partition coefficient (Wildman–Crippen LogP) is 3.50. The van der Waals surface area contributed by atoms with Gasteiger partial charge in [-0.3, -0.25) is 19.2 Å². The van der Waals surface area contributed by atoms with Crippen molar-refractivity contribution in [2.24, 2.45) is 7.05 Å². The summed E-state index contributed by atoms with van der Waals surface area (Å²) in [5.74, 6) is -2.52. The van der Waals surface area contributed by atoms with Gasteiger partial charge in [-0.05, 0) is 30.3 Å². The Bertz CT molecular complexity index is 1220. The van der Waals surface area contributed by atoms with Crippen molar-refractivity contribution < 1.29 is 31.5 Å². The van der Waals surface area contributed by atoms with Crippen LogP contribution < -0.4 is 10.6 Å². The number of benzene rings is 2. The number of anilines is 2. The molecule has 2 N–H and O–H groups in total. The number of fused-ring (bicyclic) bond motifs is 2. The van der Waals surface area contributed by atoms with Crippen molar-refractivity contribution in [1.82, 2.24) is 20.0 Å². The third-order valence-electron chi connectivity index (χ3n) is 5.00. The molecule has 0 fully saturated rings. The van der Waals surface area contributed by atoms with E-state index in [-0.39, 0.29) is 16.2 Å². The number of carbonyl (C=O) groups is 2. The van der Waals surface area contributed by atoms with Gasteiger partial charge in [0.05, 0.1) is 28.5 Å². The molecule has 0 saturated heterocycles. The van der Waals surface area contributed by atoms with Gasteiger partial charge in [-0.25, -0.2) is 0 Å². The molecule has 2 heterocycles. The fourth-order valence-electron chi connectivity index (χ4n) is 3.51. The van der Waals surface area contributed by atoms with Crippen LogP contribution in [0.15, 0.2) is 42.6 Å². The largest absolute Gasteiger partial charge is 0.405 e. The molecule has 0 bridgehead atoms. The summed E-state index contributed by atoms with van der Waals surface area (Å²) in [7, 11) is 1.76. The highest BCUT2D eigenvalue weighted by atomic mass is 19.4. The molecule has 3 aromatic rings. The van der Waals surface area contributed by atoms with E-state index in [1.54, 1.807) is 36.1 Å². The first-order valence-corrected chi connectivity index (χ1v) is 9.33. The van der Waals surface area contributed by atoms with Gasteiger partial charge in [-0.2, -0.15) is 27.1 Å². The van der Waals surface area contributed by atoms with E-state index in [1.165, 1.54) is 17.4 Å². The molecule has 1 aromatic heterocycles. The predicted molar refractivity (Wildman–Crippen MR) is 104 cm³/mol. The third kappa shape index (κ3) is 3.83. The number of hydrogen-bond donors (Lipinski definition) is 2. The number of aromatic nitrogens is 2. The van der Waals surface area contributed by atoms with Gasteiger partial charge >= 0.3 is 12.2 Å². The van der Waals surface area contributed by atoms with E-state index in [4.69, 9.17) is 0 Å². The van der Waals surface area contributed by atoms with Crippen molar-refractivity contribution >= 4 is 34.1 Å². The topological polar surface area (TPSA) is 79.3 Å². The van der Waals surface area contributed by atoms with Crippen molar-refractivity contribution in [2.75, 3.05) is 18.4 Å². The Morgan fingerprint density at radius 3 is 2.66 bits per heavy atom. The first-order chi connectivity index (χ1) is 15.0. The number of nitrogens with zero attached hydrogens (tertiary/aromatic N) is 3. The van der Waals surface area contributed by atoms with Gasteiger partial charge in [-0.15, -0.1) is 0 Å². The average molecular weight is 453 g/mol. The molecule has 1 aliphatic rings. The fraction of sp³-hybridized carbons (Fsp3) is 0.250. The molecule has 168 valence electrons. The van der Waals surface area contributed by atoms with E-state index in [2.05, 4.69) is 10.4 Å². The van der Waals surface area contributed by atoms with Crippen LogP contribution in [0.5, 0.6) is 0 Å². The summed E-state index contributed by atoms with van der Waals surface area (Å²) in [6, 6.07) is 5.08. The number of alkyl halides is 5.